The van der Waals surface area contributed by atoms with E-state index < -0.39 is 0 Å². The van der Waals surface area contributed by atoms with Gasteiger partial charge in [0.25, 0.3) is 0 Å². The number of nitrogens with one attached hydrogen (secondary N) is 1. The number of benzene rings is 1. The van der Waals surface area contributed by atoms with Crippen molar-refractivity contribution in [3.8, 4) is 0 Å². The molecule has 1 heterocycles. The molecule has 102 valence electrons. The molecule has 0 bridgehead atoms. The van der Waals surface area contributed by atoms with Gasteiger partial charge >= 0.3 is 0 Å². The molecule has 0 atom stereocenters. The lowest BCUT2D eigenvalue weighted by atomic mass is 10.1. The zero-order chi connectivity index (χ0) is 13.5. The van der Waals surface area contributed by atoms with Gasteiger partial charge in [-0.05, 0) is 52.7 Å². The Bertz CT molecular complexity index is 627. The summed E-state index contributed by atoms with van der Waals surface area (Å²) in [5.41, 5.74) is 2.92. The van der Waals surface area contributed by atoms with Crippen molar-refractivity contribution in [2.45, 2.75) is 37.6 Å². The molecule has 4 rings (SSSR count). The van der Waals surface area contributed by atoms with E-state index in [4.69, 9.17) is 0 Å². The lowest BCUT2D eigenvalue weighted by Gasteiger charge is -2.13. The Balaban J connectivity index is 1.53. The highest BCUT2D eigenvalue weighted by molar-refractivity contribution is 9.10. The number of nitrogens with zero attached hydrogens (tertiary/aromatic N) is 2. The van der Waals surface area contributed by atoms with E-state index in [9.17, 15) is 0 Å². The Hall–Kier alpha value is -1.42. The number of fused-ring (bicyclic) bond motifs is 1. The van der Waals surface area contributed by atoms with Gasteiger partial charge in [-0.15, -0.1) is 0 Å². The van der Waals surface area contributed by atoms with Crippen molar-refractivity contribution in [3.05, 3.63) is 51.9 Å². The van der Waals surface area contributed by atoms with Gasteiger partial charge in [-0.1, -0.05) is 24.3 Å². The number of hydrogen-bond donors (Lipinski definition) is 1. The van der Waals surface area contributed by atoms with Crippen molar-refractivity contribution in [1.82, 2.24) is 9.97 Å². The molecule has 1 saturated carbocycles. The summed E-state index contributed by atoms with van der Waals surface area (Å²) in [5.74, 6) is 2.51. The number of hydrogen-bond acceptors (Lipinski definition) is 3. The van der Waals surface area contributed by atoms with Gasteiger partial charge in [-0.2, -0.15) is 0 Å². The van der Waals surface area contributed by atoms with E-state index in [0.29, 0.717) is 12.0 Å². The van der Waals surface area contributed by atoms with Gasteiger partial charge in [-0.25, -0.2) is 9.97 Å². The molecule has 1 aromatic carbocycles. The van der Waals surface area contributed by atoms with Crippen molar-refractivity contribution in [3.63, 3.8) is 0 Å². The monoisotopic (exact) mass is 329 g/mol. The standard InChI is InChI=1S/C16H16BrN3/c17-14-9-15(20-16(19-14)10-5-6-10)18-13-7-11-3-1-2-4-12(11)8-13/h1-4,9-10,13H,5-8H2,(H,18,19,20). The minimum Gasteiger partial charge on any atom is -0.367 e. The van der Waals surface area contributed by atoms with Gasteiger partial charge in [0.1, 0.15) is 16.2 Å². The van der Waals surface area contributed by atoms with Crippen LogP contribution in [0.1, 0.15) is 35.7 Å². The average molecular weight is 330 g/mol. The summed E-state index contributed by atoms with van der Waals surface area (Å²) >= 11 is 3.50. The summed E-state index contributed by atoms with van der Waals surface area (Å²) in [6.45, 7) is 0. The van der Waals surface area contributed by atoms with Crippen molar-refractivity contribution >= 4 is 21.7 Å². The van der Waals surface area contributed by atoms with Crippen molar-refractivity contribution < 1.29 is 0 Å². The van der Waals surface area contributed by atoms with Gasteiger partial charge in [0.05, 0.1) is 0 Å². The molecule has 0 radical (unpaired) electrons. The van der Waals surface area contributed by atoms with Crippen LogP contribution in [0.15, 0.2) is 34.9 Å². The molecule has 4 heteroatoms. The lowest BCUT2D eigenvalue weighted by molar-refractivity contribution is 0.763. The van der Waals surface area contributed by atoms with Crippen LogP contribution >= 0.6 is 15.9 Å². The molecular weight excluding hydrogens is 314 g/mol. The quantitative estimate of drug-likeness (QED) is 0.872. The minimum atomic E-state index is 0.446. The molecule has 2 aromatic rings. The number of halogens is 1. The van der Waals surface area contributed by atoms with Crippen LogP contribution in [0.25, 0.3) is 0 Å². The molecule has 2 aliphatic carbocycles. The smallest absolute Gasteiger partial charge is 0.135 e. The first-order valence-corrected chi connectivity index (χ1v) is 7.95. The molecule has 1 N–H and O–H groups in total. The molecule has 0 unspecified atom stereocenters. The first-order valence-electron chi connectivity index (χ1n) is 7.16. The molecule has 1 aromatic heterocycles. The number of rotatable bonds is 3. The molecule has 2 aliphatic rings. The molecular formula is C16H16BrN3. The molecule has 0 saturated heterocycles. The van der Waals surface area contributed by atoms with E-state index in [1.165, 1.54) is 24.0 Å². The minimum absolute atomic E-state index is 0.446. The van der Waals surface area contributed by atoms with Gasteiger partial charge in [-0.3, -0.25) is 0 Å². The Morgan fingerprint density at radius 3 is 2.40 bits per heavy atom. The molecule has 0 spiro atoms. The fourth-order valence-corrected chi connectivity index (χ4v) is 3.30. The third-order valence-electron chi connectivity index (χ3n) is 4.06. The predicted molar refractivity (Wildman–Crippen MR) is 83.0 cm³/mol. The van der Waals surface area contributed by atoms with E-state index in [-0.39, 0.29) is 0 Å². The largest absolute Gasteiger partial charge is 0.367 e. The molecule has 20 heavy (non-hydrogen) atoms. The Morgan fingerprint density at radius 2 is 1.75 bits per heavy atom. The number of anilines is 1. The topological polar surface area (TPSA) is 37.8 Å². The predicted octanol–water partition coefficient (Wildman–Crippen LogP) is 3.70. The molecule has 1 fully saturated rings. The van der Waals surface area contributed by atoms with Crippen LogP contribution in [0.3, 0.4) is 0 Å². The van der Waals surface area contributed by atoms with E-state index in [1.807, 2.05) is 6.07 Å². The third kappa shape index (κ3) is 2.44. The van der Waals surface area contributed by atoms with Crippen LogP contribution in [0, 0.1) is 0 Å². The van der Waals surface area contributed by atoms with Crippen molar-refractivity contribution in [2.24, 2.45) is 0 Å². The van der Waals surface area contributed by atoms with Crippen LogP contribution in [0.2, 0.25) is 0 Å². The molecule has 0 aliphatic heterocycles. The van der Waals surface area contributed by atoms with Crippen LogP contribution in [0.4, 0.5) is 5.82 Å². The van der Waals surface area contributed by atoms with Crippen LogP contribution in [-0.2, 0) is 12.8 Å². The second-order valence-electron chi connectivity index (χ2n) is 5.73. The summed E-state index contributed by atoms with van der Waals surface area (Å²) in [6.07, 6.45) is 4.61. The zero-order valence-corrected chi connectivity index (χ0v) is 12.7. The Labute approximate surface area is 127 Å². The van der Waals surface area contributed by atoms with Crippen LogP contribution in [-0.4, -0.2) is 16.0 Å². The number of aromatic nitrogens is 2. The third-order valence-corrected chi connectivity index (χ3v) is 4.46. The van der Waals surface area contributed by atoms with Crippen molar-refractivity contribution in [2.75, 3.05) is 5.32 Å². The normalized spacial score (nSPS) is 18.1. The highest BCUT2D eigenvalue weighted by Gasteiger charge is 2.28. The highest BCUT2D eigenvalue weighted by atomic mass is 79.9. The maximum absolute atomic E-state index is 4.67. The summed E-state index contributed by atoms with van der Waals surface area (Å²) < 4.78 is 0.882. The fourth-order valence-electron chi connectivity index (χ4n) is 2.90. The molecule has 0 amide bonds. The second-order valence-corrected chi connectivity index (χ2v) is 6.54. The maximum Gasteiger partial charge on any atom is 0.135 e. The van der Waals surface area contributed by atoms with E-state index >= 15 is 0 Å². The Kier molecular flexibility index (Phi) is 2.99. The average Bonchev–Trinajstić information content (AvgIpc) is 3.19. The second kappa shape index (κ2) is 4.85. The maximum atomic E-state index is 4.67. The first-order chi connectivity index (χ1) is 9.78. The Morgan fingerprint density at radius 1 is 1.05 bits per heavy atom. The SMILES string of the molecule is Brc1cc(NC2Cc3ccccc3C2)nc(C2CC2)n1. The summed E-state index contributed by atoms with van der Waals surface area (Å²) in [6, 6.07) is 11.1. The van der Waals surface area contributed by atoms with Gasteiger partial charge in [0.15, 0.2) is 0 Å². The van der Waals surface area contributed by atoms with Crippen molar-refractivity contribution in [1.29, 1.82) is 0 Å². The van der Waals surface area contributed by atoms with Gasteiger partial charge in [0.2, 0.25) is 0 Å². The van der Waals surface area contributed by atoms with Gasteiger partial charge in [0, 0.05) is 18.0 Å². The summed E-state index contributed by atoms with van der Waals surface area (Å²) in [5, 5.41) is 3.57. The van der Waals surface area contributed by atoms with E-state index in [1.54, 1.807) is 0 Å². The van der Waals surface area contributed by atoms with E-state index in [2.05, 4.69) is 55.5 Å². The van der Waals surface area contributed by atoms with E-state index in [0.717, 1.165) is 29.1 Å². The van der Waals surface area contributed by atoms with Crippen LogP contribution in [0.5, 0.6) is 0 Å². The molecule has 3 nitrogen and oxygen atoms in total. The summed E-state index contributed by atoms with van der Waals surface area (Å²) in [4.78, 5) is 9.15. The highest BCUT2D eigenvalue weighted by Crippen LogP contribution is 2.39. The lowest BCUT2D eigenvalue weighted by Crippen LogP contribution is -2.20. The van der Waals surface area contributed by atoms with Gasteiger partial charge < -0.3 is 5.32 Å². The zero-order valence-electron chi connectivity index (χ0n) is 11.1. The first kappa shape index (κ1) is 12.3. The van der Waals surface area contributed by atoms with Crippen LogP contribution < -0.4 is 5.32 Å². The summed E-state index contributed by atoms with van der Waals surface area (Å²) in [7, 11) is 0. The fraction of sp³-hybridized carbons (Fsp3) is 0.375.